The van der Waals surface area contributed by atoms with Crippen LogP contribution in [0, 0.1) is 0 Å². The summed E-state index contributed by atoms with van der Waals surface area (Å²) in [7, 11) is 0. The van der Waals surface area contributed by atoms with Crippen molar-refractivity contribution in [2.45, 2.75) is 110 Å². The van der Waals surface area contributed by atoms with Crippen LogP contribution in [-0.4, -0.2) is 0 Å². The van der Waals surface area contributed by atoms with E-state index in [9.17, 15) is 0 Å². The molecule has 0 aliphatic heterocycles. The summed E-state index contributed by atoms with van der Waals surface area (Å²) in [6, 6.07) is 23.9. The Balaban J connectivity index is 1.38. The lowest BCUT2D eigenvalue weighted by atomic mass is 9.74. The van der Waals surface area contributed by atoms with Gasteiger partial charge in [-0.15, -0.1) is 0 Å². The fourth-order valence-electron chi connectivity index (χ4n) is 6.82. The van der Waals surface area contributed by atoms with E-state index in [1.54, 1.807) is 0 Å². The van der Waals surface area contributed by atoms with Crippen molar-refractivity contribution in [3.05, 3.63) is 112 Å². The lowest BCUT2D eigenvalue weighted by Crippen LogP contribution is -2.21. The Morgan fingerprint density at radius 2 is 1.23 bits per heavy atom. The molecule has 39 heavy (non-hydrogen) atoms. The normalized spacial score (nSPS) is 18.1. The van der Waals surface area contributed by atoms with Crippen molar-refractivity contribution < 1.29 is 0 Å². The molecule has 0 heteroatoms. The van der Waals surface area contributed by atoms with E-state index in [-0.39, 0.29) is 16.2 Å². The molecule has 0 heterocycles. The SMILES string of the molecule is CCC(C)(CC)c1ccc(C2=CCC(c3ccc4c(c3)C(C)(C)c3cc(C(C)(CC)CC)ccc3-4)C=C2)cc1. The molecule has 0 amide bonds. The van der Waals surface area contributed by atoms with Crippen LogP contribution >= 0.6 is 0 Å². The van der Waals surface area contributed by atoms with Crippen LogP contribution in [0.1, 0.15) is 127 Å². The fraction of sp³-hybridized carbons (Fsp3) is 0.436. The van der Waals surface area contributed by atoms with E-state index in [0.29, 0.717) is 5.92 Å². The second-order valence-corrected chi connectivity index (χ2v) is 13.2. The molecule has 0 saturated heterocycles. The second kappa shape index (κ2) is 10.3. The van der Waals surface area contributed by atoms with Gasteiger partial charge >= 0.3 is 0 Å². The van der Waals surface area contributed by atoms with Gasteiger partial charge in [-0.3, -0.25) is 0 Å². The third-order valence-corrected chi connectivity index (χ3v) is 11.0. The van der Waals surface area contributed by atoms with Gasteiger partial charge in [0, 0.05) is 11.3 Å². The summed E-state index contributed by atoms with van der Waals surface area (Å²) in [5, 5.41) is 0. The van der Waals surface area contributed by atoms with Gasteiger partial charge in [0.15, 0.2) is 0 Å². The van der Waals surface area contributed by atoms with Gasteiger partial charge in [0.05, 0.1) is 0 Å². The molecule has 0 nitrogen and oxygen atoms in total. The van der Waals surface area contributed by atoms with Gasteiger partial charge in [0.25, 0.3) is 0 Å². The maximum atomic E-state index is 2.52. The van der Waals surface area contributed by atoms with Gasteiger partial charge in [-0.1, -0.05) is 134 Å². The molecule has 0 saturated carbocycles. The fourth-order valence-corrected chi connectivity index (χ4v) is 6.82. The van der Waals surface area contributed by atoms with Crippen molar-refractivity contribution in [1.29, 1.82) is 0 Å². The van der Waals surface area contributed by atoms with Gasteiger partial charge in [0.1, 0.15) is 0 Å². The molecule has 1 unspecified atom stereocenters. The Hall–Kier alpha value is -2.86. The zero-order valence-corrected chi connectivity index (χ0v) is 25.6. The Kier molecular flexibility index (Phi) is 7.30. The van der Waals surface area contributed by atoms with Crippen molar-refractivity contribution in [1.82, 2.24) is 0 Å². The highest BCUT2D eigenvalue weighted by Crippen LogP contribution is 2.51. The molecule has 2 aliphatic rings. The molecule has 3 aromatic carbocycles. The highest BCUT2D eigenvalue weighted by Gasteiger charge is 2.37. The van der Waals surface area contributed by atoms with E-state index in [1.807, 2.05) is 0 Å². The van der Waals surface area contributed by atoms with Crippen molar-refractivity contribution in [2.24, 2.45) is 0 Å². The second-order valence-electron chi connectivity index (χ2n) is 13.2. The van der Waals surface area contributed by atoms with Crippen LogP contribution in [0.15, 0.2) is 78.9 Å². The average Bonchev–Trinajstić information content (AvgIpc) is 3.21. The quantitative estimate of drug-likeness (QED) is 0.279. The summed E-state index contributed by atoms with van der Waals surface area (Å²) in [4.78, 5) is 0. The summed E-state index contributed by atoms with van der Waals surface area (Å²) in [6.07, 6.45) is 13.0. The number of rotatable bonds is 8. The van der Waals surface area contributed by atoms with E-state index < -0.39 is 0 Å². The van der Waals surface area contributed by atoms with Crippen LogP contribution < -0.4 is 0 Å². The molecule has 1 atom stereocenters. The van der Waals surface area contributed by atoms with E-state index in [2.05, 4.69) is 134 Å². The Bertz CT molecular complexity index is 1400. The molecule has 0 aromatic heterocycles. The zero-order chi connectivity index (χ0) is 28.0. The molecular weight excluding hydrogens is 468 g/mol. The molecule has 0 spiro atoms. The number of fused-ring (bicyclic) bond motifs is 3. The summed E-state index contributed by atoms with van der Waals surface area (Å²) in [5.41, 5.74) is 13.4. The first-order valence-electron chi connectivity index (χ1n) is 15.4. The highest BCUT2D eigenvalue weighted by molar-refractivity contribution is 5.82. The summed E-state index contributed by atoms with van der Waals surface area (Å²) in [6.45, 7) is 18.9. The third kappa shape index (κ3) is 4.65. The molecular formula is C39H48. The van der Waals surface area contributed by atoms with Crippen LogP contribution in [-0.2, 0) is 16.2 Å². The maximum Gasteiger partial charge on any atom is 0.0159 e. The third-order valence-electron chi connectivity index (χ3n) is 11.0. The minimum Gasteiger partial charge on any atom is -0.0761 e. The molecule has 2 aliphatic carbocycles. The van der Waals surface area contributed by atoms with E-state index in [0.717, 1.165) is 6.42 Å². The first-order valence-corrected chi connectivity index (χ1v) is 15.4. The van der Waals surface area contributed by atoms with Crippen molar-refractivity contribution in [2.75, 3.05) is 0 Å². The average molecular weight is 517 g/mol. The molecule has 0 fully saturated rings. The van der Waals surface area contributed by atoms with Crippen LogP contribution in [0.2, 0.25) is 0 Å². The van der Waals surface area contributed by atoms with Crippen LogP contribution in [0.25, 0.3) is 16.7 Å². The largest absolute Gasteiger partial charge is 0.0761 e. The Morgan fingerprint density at radius 3 is 1.79 bits per heavy atom. The minimum absolute atomic E-state index is 0.0195. The first kappa shape index (κ1) is 27.7. The summed E-state index contributed by atoms with van der Waals surface area (Å²) < 4.78 is 0. The van der Waals surface area contributed by atoms with Gasteiger partial charge < -0.3 is 0 Å². The van der Waals surface area contributed by atoms with Crippen LogP contribution in [0.4, 0.5) is 0 Å². The maximum absolute atomic E-state index is 2.52. The smallest absolute Gasteiger partial charge is 0.0159 e. The van der Waals surface area contributed by atoms with Crippen molar-refractivity contribution in [3.8, 4) is 11.1 Å². The predicted molar refractivity (Wildman–Crippen MR) is 171 cm³/mol. The van der Waals surface area contributed by atoms with Crippen LogP contribution in [0.5, 0.6) is 0 Å². The van der Waals surface area contributed by atoms with Crippen molar-refractivity contribution >= 4 is 5.57 Å². The van der Waals surface area contributed by atoms with E-state index >= 15 is 0 Å². The molecule has 0 radical (unpaired) electrons. The van der Waals surface area contributed by atoms with E-state index in [4.69, 9.17) is 0 Å². The summed E-state index contributed by atoms with van der Waals surface area (Å²) >= 11 is 0. The van der Waals surface area contributed by atoms with E-state index in [1.165, 1.54) is 75.8 Å². The number of allylic oxidation sites excluding steroid dienone is 4. The molecule has 0 bridgehead atoms. The Morgan fingerprint density at radius 1 is 0.692 bits per heavy atom. The number of hydrogen-bond donors (Lipinski definition) is 0. The number of hydrogen-bond acceptors (Lipinski definition) is 0. The zero-order valence-electron chi connectivity index (χ0n) is 25.6. The highest BCUT2D eigenvalue weighted by atomic mass is 14.4. The van der Waals surface area contributed by atoms with Gasteiger partial charge in [0.2, 0.25) is 0 Å². The molecule has 3 aromatic rings. The minimum atomic E-state index is 0.0195. The topological polar surface area (TPSA) is 0 Å². The first-order chi connectivity index (χ1) is 18.6. The van der Waals surface area contributed by atoms with Gasteiger partial charge in [-0.05, 0) is 93.0 Å². The predicted octanol–water partition coefficient (Wildman–Crippen LogP) is 11.3. The van der Waals surface area contributed by atoms with Crippen LogP contribution in [0.3, 0.4) is 0 Å². The Labute approximate surface area is 238 Å². The monoisotopic (exact) mass is 516 g/mol. The molecule has 5 rings (SSSR count). The lowest BCUT2D eigenvalue weighted by molar-refractivity contribution is 0.438. The van der Waals surface area contributed by atoms with Gasteiger partial charge in [-0.2, -0.15) is 0 Å². The standard InChI is InChI=1S/C39H48/c1-9-38(7,10-2)31-20-17-28(18-21-31)27-13-15-29(16-14-27)30-19-23-33-34-24-22-32(39(8,11-3)12-4)26-36(34)37(5,6)35(33)25-30/h13-15,17-26,29H,9-12,16H2,1-8H3. The number of benzene rings is 3. The molecule has 204 valence electrons. The van der Waals surface area contributed by atoms with Crippen molar-refractivity contribution in [3.63, 3.8) is 0 Å². The molecule has 0 N–H and O–H groups in total. The van der Waals surface area contributed by atoms with Gasteiger partial charge in [-0.25, -0.2) is 0 Å². The summed E-state index contributed by atoms with van der Waals surface area (Å²) in [5.74, 6) is 0.431. The lowest BCUT2D eigenvalue weighted by Gasteiger charge is -2.30.